The summed E-state index contributed by atoms with van der Waals surface area (Å²) in [5.41, 5.74) is 6.42. The number of benzene rings is 1. The van der Waals surface area contributed by atoms with Crippen molar-refractivity contribution in [1.29, 1.82) is 0 Å². The lowest BCUT2D eigenvalue weighted by Gasteiger charge is -2.21. The molecular formula is C13H21BrN2O2S. The minimum Gasteiger partial charge on any atom is -0.326 e. The molecule has 0 saturated carbocycles. The van der Waals surface area contributed by atoms with Crippen LogP contribution in [0.5, 0.6) is 0 Å². The molecular weight excluding hydrogens is 328 g/mol. The fourth-order valence-electron chi connectivity index (χ4n) is 1.84. The molecule has 0 aliphatic rings. The van der Waals surface area contributed by atoms with Crippen LogP contribution >= 0.6 is 15.9 Å². The van der Waals surface area contributed by atoms with E-state index in [0.717, 1.165) is 12.0 Å². The maximum atomic E-state index is 12.4. The Bertz CT molecular complexity index is 529. The average molecular weight is 349 g/mol. The van der Waals surface area contributed by atoms with E-state index in [9.17, 15) is 8.42 Å². The molecule has 1 aromatic rings. The third-order valence-electron chi connectivity index (χ3n) is 3.07. The Morgan fingerprint density at radius 1 is 1.37 bits per heavy atom. The van der Waals surface area contributed by atoms with Crippen molar-refractivity contribution in [3.05, 3.63) is 28.2 Å². The molecule has 0 aliphatic heterocycles. The summed E-state index contributed by atoms with van der Waals surface area (Å²) in [4.78, 5) is 0.254. The first-order valence-electron chi connectivity index (χ1n) is 6.32. The molecule has 19 heavy (non-hydrogen) atoms. The topological polar surface area (TPSA) is 72.2 Å². The van der Waals surface area contributed by atoms with Crippen LogP contribution in [0, 0.1) is 5.92 Å². The van der Waals surface area contributed by atoms with Gasteiger partial charge in [-0.1, -0.05) is 26.8 Å². The number of nitrogens with one attached hydrogen (secondary N) is 1. The Labute approximate surface area is 124 Å². The molecule has 0 spiro atoms. The SMILES string of the molecule is CCC(NS(=O)(=O)c1ccc(CN)cc1Br)C(C)C. The summed E-state index contributed by atoms with van der Waals surface area (Å²) < 4.78 is 28.0. The van der Waals surface area contributed by atoms with Gasteiger partial charge >= 0.3 is 0 Å². The number of hydrogen-bond acceptors (Lipinski definition) is 3. The summed E-state index contributed by atoms with van der Waals surface area (Å²) in [5, 5.41) is 0. The van der Waals surface area contributed by atoms with Gasteiger partial charge in [0.15, 0.2) is 0 Å². The number of sulfonamides is 1. The van der Waals surface area contributed by atoms with Crippen molar-refractivity contribution >= 4 is 26.0 Å². The molecule has 1 atom stereocenters. The first-order chi connectivity index (χ1) is 8.81. The van der Waals surface area contributed by atoms with E-state index in [1.165, 1.54) is 0 Å². The molecule has 0 amide bonds. The first-order valence-corrected chi connectivity index (χ1v) is 8.60. The molecule has 4 nitrogen and oxygen atoms in total. The standard InChI is InChI=1S/C13H21BrN2O2S/c1-4-12(9(2)3)16-19(17,18)13-6-5-10(8-15)7-11(13)14/h5-7,9,12,16H,4,8,15H2,1-3H3. The van der Waals surface area contributed by atoms with Crippen LogP contribution in [0.15, 0.2) is 27.6 Å². The molecule has 0 fully saturated rings. The maximum absolute atomic E-state index is 12.4. The van der Waals surface area contributed by atoms with Gasteiger partial charge in [-0.3, -0.25) is 0 Å². The molecule has 1 unspecified atom stereocenters. The van der Waals surface area contributed by atoms with Crippen molar-refractivity contribution in [2.45, 2.75) is 44.7 Å². The van der Waals surface area contributed by atoms with Gasteiger partial charge in [-0.25, -0.2) is 13.1 Å². The van der Waals surface area contributed by atoms with Crippen LogP contribution in [0.2, 0.25) is 0 Å². The maximum Gasteiger partial charge on any atom is 0.241 e. The Morgan fingerprint density at radius 3 is 2.42 bits per heavy atom. The molecule has 0 aromatic heterocycles. The monoisotopic (exact) mass is 348 g/mol. The number of rotatable bonds is 6. The molecule has 0 heterocycles. The van der Waals surface area contributed by atoms with Gasteiger partial charge in [-0.15, -0.1) is 0 Å². The highest BCUT2D eigenvalue weighted by Crippen LogP contribution is 2.24. The Morgan fingerprint density at radius 2 is 2.00 bits per heavy atom. The van der Waals surface area contributed by atoms with Gasteiger partial charge in [0, 0.05) is 17.1 Å². The summed E-state index contributed by atoms with van der Waals surface area (Å²) in [6.45, 7) is 6.36. The normalized spacial score (nSPS) is 13.8. The van der Waals surface area contributed by atoms with E-state index in [0.29, 0.717) is 11.0 Å². The molecule has 0 radical (unpaired) electrons. The lowest BCUT2D eigenvalue weighted by atomic mass is 10.0. The second-order valence-electron chi connectivity index (χ2n) is 4.85. The second-order valence-corrected chi connectivity index (χ2v) is 7.39. The second kappa shape index (κ2) is 6.83. The van der Waals surface area contributed by atoms with Crippen LogP contribution in [0.25, 0.3) is 0 Å². The molecule has 3 N–H and O–H groups in total. The van der Waals surface area contributed by atoms with Crippen LogP contribution in [-0.2, 0) is 16.6 Å². The third-order valence-corrected chi connectivity index (χ3v) is 5.54. The van der Waals surface area contributed by atoms with Crippen molar-refractivity contribution < 1.29 is 8.42 Å². The van der Waals surface area contributed by atoms with Crippen molar-refractivity contribution in [3.8, 4) is 0 Å². The van der Waals surface area contributed by atoms with E-state index < -0.39 is 10.0 Å². The Kier molecular flexibility index (Phi) is 5.98. The van der Waals surface area contributed by atoms with Gasteiger partial charge in [0.1, 0.15) is 0 Å². The van der Waals surface area contributed by atoms with E-state index in [2.05, 4.69) is 20.7 Å². The predicted octanol–water partition coefficient (Wildman–Crippen LogP) is 2.62. The van der Waals surface area contributed by atoms with Gasteiger partial charge in [0.2, 0.25) is 10.0 Å². The minimum absolute atomic E-state index is 0.0638. The molecule has 0 aliphatic carbocycles. The molecule has 108 valence electrons. The zero-order valence-corrected chi connectivity index (χ0v) is 13.9. The summed E-state index contributed by atoms with van der Waals surface area (Å²) >= 11 is 3.30. The summed E-state index contributed by atoms with van der Waals surface area (Å²) in [6.07, 6.45) is 0.759. The van der Waals surface area contributed by atoms with Crippen LogP contribution in [0.3, 0.4) is 0 Å². The minimum atomic E-state index is -3.51. The quantitative estimate of drug-likeness (QED) is 0.829. The lowest BCUT2D eigenvalue weighted by Crippen LogP contribution is -2.38. The summed E-state index contributed by atoms with van der Waals surface area (Å²) in [7, 11) is -3.51. The van der Waals surface area contributed by atoms with Gasteiger partial charge < -0.3 is 5.73 Å². The van der Waals surface area contributed by atoms with Crippen molar-refractivity contribution in [2.75, 3.05) is 0 Å². The number of halogens is 1. The van der Waals surface area contributed by atoms with Gasteiger partial charge in [0.25, 0.3) is 0 Å². The fraction of sp³-hybridized carbons (Fsp3) is 0.538. The van der Waals surface area contributed by atoms with Crippen molar-refractivity contribution in [3.63, 3.8) is 0 Å². The highest BCUT2D eigenvalue weighted by atomic mass is 79.9. The molecule has 0 bridgehead atoms. The molecule has 6 heteroatoms. The van der Waals surface area contributed by atoms with Crippen LogP contribution in [-0.4, -0.2) is 14.5 Å². The summed E-state index contributed by atoms with van der Waals surface area (Å²) in [5.74, 6) is 0.252. The van der Waals surface area contributed by atoms with Crippen LogP contribution in [0.4, 0.5) is 0 Å². The van der Waals surface area contributed by atoms with E-state index in [-0.39, 0.29) is 16.9 Å². The largest absolute Gasteiger partial charge is 0.326 e. The van der Waals surface area contributed by atoms with Crippen molar-refractivity contribution in [2.24, 2.45) is 11.7 Å². The summed E-state index contributed by atoms with van der Waals surface area (Å²) in [6, 6.07) is 4.99. The van der Waals surface area contributed by atoms with E-state index in [1.807, 2.05) is 20.8 Å². The van der Waals surface area contributed by atoms with E-state index >= 15 is 0 Å². The highest BCUT2D eigenvalue weighted by molar-refractivity contribution is 9.10. The van der Waals surface area contributed by atoms with Crippen LogP contribution in [0.1, 0.15) is 32.8 Å². The van der Waals surface area contributed by atoms with Crippen molar-refractivity contribution in [1.82, 2.24) is 4.72 Å². The Hall–Kier alpha value is -0.430. The van der Waals surface area contributed by atoms with Gasteiger partial charge in [-0.2, -0.15) is 0 Å². The van der Waals surface area contributed by atoms with E-state index in [1.54, 1.807) is 18.2 Å². The van der Waals surface area contributed by atoms with E-state index in [4.69, 9.17) is 5.73 Å². The zero-order valence-electron chi connectivity index (χ0n) is 11.5. The first kappa shape index (κ1) is 16.6. The fourth-order valence-corrected chi connectivity index (χ4v) is 4.44. The Balaban J connectivity index is 3.07. The highest BCUT2D eigenvalue weighted by Gasteiger charge is 2.23. The average Bonchev–Trinajstić information content (AvgIpc) is 2.35. The van der Waals surface area contributed by atoms with Gasteiger partial charge in [0.05, 0.1) is 4.90 Å². The smallest absolute Gasteiger partial charge is 0.241 e. The van der Waals surface area contributed by atoms with Crippen LogP contribution < -0.4 is 10.5 Å². The molecule has 1 aromatic carbocycles. The number of nitrogens with two attached hydrogens (primary N) is 1. The molecule has 1 rings (SSSR count). The predicted molar refractivity (Wildman–Crippen MR) is 81.3 cm³/mol. The third kappa shape index (κ3) is 4.27. The van der Waals surface area contributed by atoms with Gasteiger partial charge in [-0.05, 0) is 46.0 Å². The zero-order chi connectivity index (χ0) is 14.6. The molecule has 0 saturated heterocycles. The lowest BCUT2D eigenvalue weighted by molar-refractivity contribution is 0.437. The number of hydrogen-bond donors (Lipinski definition) is 2.